The average molecular weight is 262 g/mol. The summed E-state index contributed by atoms with van der Waals surface area (Å²) in [5.74, 6) is 0.587. The first-order chi connectivity index (χ1) is 9.04. The van der Waals surface area contributed by atoms with Crippen molar-refractivity contribution in [2.75, 3.05) is 19.8 Å². The number of rotatable bonds is 4. The van der Waals surface area contributed by atoms with Crippen molar-refractivity contribution in [2.45, 2.75) is 51.5 Å². The predicted octanol–water partition coefficient (Wildman–Crippen LogP) is 2.91. The third-order valence-corrected chi connectivity index (χ3v) is 3.50. The van der Waals surface area contributed by atoms with E-state index in [2.05, 4.69) is 44.3 Å². The highest BCUT2D eigenvalue weighted by molar-refractivity contribution is 5.15. The molecule has 1 aromatic rings. The van der Waals surface area contributed by atoms with Crippen LogP contribution >= 0.6 is 0 Å². The Labute approximate surface area is 116 Å². The minimum Gasteiger partial charge on any atom is -0.381 e. The smallest absolute Gasteiger partial charge is 0.0472 e. The van der Waals surface area contributed by atoms with E-state index in [-0.39, 0.29) is 5.54 Å². The number of aromatic nitrogens is 1. The van der Waals surface area contributed by atoms with Crippen molar-refractivity contribution in [3.05, 3.63) is 29.6 Å². The summed E-state index contributed by atoms with van der Waals surface area (Å²) in [4.78, 5) is 4.82. The lowest BCUT2D eigenvalue weighted by Crippen LogP contribution is -2.37. The standard InChI is InChI=1S/C16H26N2O/c1-16(2,3)17-10-7-14-5-4-6-15(18-14)13-8-11-19-12-9-13/h4-6,13,17H,7-12H2,1-3H3. The third-order valence-electron chi connectivity index (χ3n) is 3.50. The predicted molar refractivity (Wildman–Crippen MR) is 78.5 cm³/mol. The molecule has 1 aliphatic heterocycles. The second kappa shape index (κ2) is 6.49. The summed E-state index contributed by atoms with van der Waals surface area (Å²) < 4.78 is 5.42. The highest BCUT2D eigenvalue weighted by atomic mass is 16.5. The molecule has 0 radical (unpaired) electrons. The van der Waals surface area contributed by atoms with Gasteiger partial charge in [0.1, 0.15) is 0 Å². The zero-order chi connectivity index (χ0) is 13.7. The Morgan fingerprint density at radius 1 is 1.26 bits per heavy atom. The molecule has 1 aliphatic rings. The van der Waals surface area contributed by atoms with Crippen LogP contribution in [0.4, 0.5) is 0 Å². The van der Waals surface area contributed by atoms with Crippen LogP contribution in [0.2, 0.25) is 0 Å². The van der Waals surface area contributed by atoms with Crippen molar-refractivity contribution in [1.82, 2.24) is 10.3 Å². The summed E-state index contributed by atoms with van der Waals surface area (Å²) in [6.07, 6.45) is 3.21. The molecule has 1 fully saturated rings. The van der Waals surface area contributed by atoms with Crippen molar-refractivity contribution in [1.29, 1.82) is 0 Å². The van der Waals surface area contributed by atoms with Crippen LogP contribution in [0, 0.1) is 0 Å². The second-order valence-corrected chi connectivity index (χ2v) is 6.37. The van der Waals surface area contributed by atoms with Gasteiger partial charge in [-0.3, -0.25) is 4.98 Å². The van der Waals surface area contributed by atoms with Gasteiger partial charge in [-0.25, -0.2) is 0 Å². The van der Waals surface area contributed by atoms with Gasteiger partial charge in [0.2, 0.25) is 0 Å². The van der Waals surface area contributed by atoms with Crippen LogP contribution in [-0.2, 0) is 11.2 Å². The zero-order valence-electron chi connectivity index (χ0n) is 12.4. The number of nitrogens with zero attached hydrogens (tertiary/aromatic N) is 1. The van der Waals surface area contributed by atoms with Crippen molar-refractivity contribution in [3.8, 4) is 0 Å². The van der Waals surface area contributed by atoms with Crippen LogP contribution in [-0.4, -0.2) is 30.3 Å². The molecule has 19 heavy (non-hydrogen) atoms. The monoisotopic (exact) mass is 262 g/mol. The van der Waals surface area contributed by atoms with Crippen LogP contribution in [0.3, 0.4) is 0 Å². The summed E-state index contributed by atoms with van der Waals surface area (Å²) in [7, 11) is 0. The maximum Gasteiger partial charge on any atom is 0.0472 e. The average Bonchev–Trinajstić information content (AvgIpc) is 2.39. The first-order valence-electron chi connectivity index (χ1n) is 7.33. The molecule has 2 rings (SSSR count). The van der Waals surface area contributed by atoms with E-state index in [9.17, 15) is 0 Å². The number of pyridine rings is 1. The molecule has 1 aromatic heterocycles. The van der Waals surface area contributed by atoms with Crippen LogP contribution in [0.25, 0.3) is 0 Å². The van der Waals surface area contributed by atoms with Gasteiger partial charge in [0, 0.05) is 49.0 Å². The van der Waals surface area contributed by atoms with E-state index in [1.807, 2.05) is 0 Å². The Bertz CT molecular complexity index is 392. The van der Waals surface area contributed by atoms with Gasteiger partial charge in [-0.05, 0) is 45.7 Å². The molecule has 106 valence electrons. The van der Waals surface area contributed by atoms with Crippen LogP contribution in [0.5, 0.6) is 0 Å². The van der Waals surface area contributed by atoms with Crippen molar-refractivity contribution in [2.24, 2.45) is 0 Å². The molecule has 0 saturated carbocycles. The van der Waals surface area contributed by atoms with Gasteiger partial charge >= 0.3 is 0 Å². The van der Waals surface area contributed by atoms with E-state index < -0.39 is 0 Å². The van der Waals surface area contributed by atoms with Gasteiger partial charge in [0.25, 0.3) is 0 Å². The summed E-state index contributed by atoms with van der Waals surface area (Å²) >= 11 is 0. The van der Waals surface area contributed by atoms with Crippen LogP contribution in [0.1, 0.15) is 50.9 Å². The summed E-state index contributed by atoms with van der Waals surface area (Å²) in [5.41, 5.74) is 2.62. The van der Waals surface area contributed by atoms with Crippen LogP contribution in [0.15, 0.2) is 18.2 Å². The Hall–Kier alpha value is -0.930. The lowest BCUT2D eigenvalue weighted by atomic mass is 9.96. The van der Waals surface area contributed by atoms with E-state index in [1.54, 1.807) is 0 Å². The lowest BCUT2D eigenvalue weighted by molar-refractivity contribution is 0.0844. The fraction of sp³-hybridized carbons (Fsp3) is 0.688. The quantitative estimate of drug-likeness (QED) is 0.906. The molecule has 2 heterocycles. The normalized spacial score (nSPS) is 17.6. The summed E-state index contributed by atoms with van der Waals surface area (Å²) in [6, 6.07) is 6.44. The van der Waals surface area contributed by atoms with Gasteiger partial charge in [0.05, 0.1) is 0 Å². The fourth-order valence-electron chi connectivity index (χ4n) is 2.42. The Kier molecular flexibility index (Phi) is 4.94. The molecule has 0 bridgehead atoms. The summed E-state index contributed by atoms with van der Waals surface area (Å²) in [5, 5.41) is 3.51. The maximum atomic E-state index is 5.42. The van der Waals surface area contributed by atoms with Gasteiger partial charge in [-0.15, -0.1) is 0 Å². The molecule has 0 amide bonds. The number of nitrogens with one attached hydrogen (secondary N) is 1. The third kappa shape index (κ3) is 4.92. The highest BCUT2D eigenvalue weighted by Crippen LogP contribution is 2.25. The van der Waals surface area contributed by atoms with Crippen LogP contribution < -0.4 is 5.32 Å². The molecular formula is C16H26N2O. The van der Waals surface area contributed by atoms with Gasteiger partial charge in [-0.1, -0.05) is 6.07 Å². The van der Waals surface area contributed by atoms with Crippen molar-refractivity contribution < 1.29 is 4.74 Å². The largest absolute Gasteiger partial charge is 0.381 e. The van der Waals surface area contributed by atoms with E-state index in [1.165, 1.54) is 11.4 Å². The number of hydrogen-bond acceptors (Lipinski definition) is 3. The molecule has 1 saturated heterocycles. The number of ether oxygens (including phenoxy) is 1. The van der Waals surface area contributed by atoms with E-state index >= 15 is 0 Å². The molecule has 0 unspecified atom stereocenters. The molecule has 0 aliphatic carbocycles. The topological polar surface area (TPSA) is 34.1 Å². The van der Waals surface area contributed by atoms with Crippen molar-refractivity contribution in [3.63, 3.8) is 0 Å². The minimum absolute atomic E-state index is 0.179. The highest BCUT2D eigenvalue weighted by Gasteiger charge is 2.17. The second-order valence-electron chi connectivity index (χ2n) is 6.37. The first-order valence-corrected chi connectivity index (χ1v) is 7.33. The first kappa shape index (κ1) is 14.5. The maximum absolute atomic E-state index is 5.42. The zero-order valence-corrected chi connectivity index (χ0v) is 12.4. The molecule has 1 N–H and O–H groups in total. The van der Waals surface area contributed by atoms with Gasteiger partial charge in [0.15, 0.2) is 0 Å². The number of hydrogen-bond donors (Lipinski definition) is 1. The SMILES string of the molecule is CC(C)(C)NCCc1cccc(C2CCOCC2)n1. The molecule has 0 aromatic carbocycles. The Morgan fingerprint density at radius 2 is 2.00 bits per heavy atom. The lowest BCUT2D eigenvalue weighted by Gasteiger charge is -2.22. The van der Waals surface area contributed by atoms with Gasteiger partial charge < -0.3 is 10.1 Å². The van der Waals surface area contributed by atoms with E-state index in [0.717, 1.165) is 39.0 Å². The van der Waals surface area contributed by atoms with E-state index in [4.69, 9.17) is 9.72 Å². The molecule has 3 heteroatoms. The fourth-order valence-corrected chi connectivity index (χ4v) is 2.42. The Morgan fingerprint density at radius 3 is 2.68 bits per heavy atom. The molecule has 0 atom stereocenters. The summed E-state index contributed by atoms with van der Waals surface area (Å²) in [6.45, 7) is 9.31. The molecule has 3 nitrogen and oxygen atoms in total. The Balaban J connectivity index is 1.91. The van der Waals surface area contributed by atoms with E-state index in [0.29, 0.717) is 5.92 Å². The minimum atomic E-state index is 0.179. The molecule has 0 spiro atoms. The molecular weight excluding hydrogens is 236 g/mol. The van der Waals surface area contributed by atoms with Gasteiger partial charge in [-0.2, -0.15) is 0 Å². The van der Waals surface area contributed by atoms with Crippen molar-refractivity contribution >= 4 is 0 Å².